The molecule has 1 unspecified atom stereocenters. The molecule has 0 amide bonds. The van der Waals surface area contributed by atoms with Crippen LogP contribution in [0.15, 0.2) is 59.8 Å². The minimum Gasteiger partial charge on any atom is -0.458 e. The van der Waals surface area contributed by atoms with Gasteiger partial charge in [0, 0.05) is 30.8 Å². The normalized spacial score (nSPS) is 15.6. The fraction of sp³-hybridized carbons (Fsp3) is 0.250. The summed E-state index contributed by atoms with van der Waals surface area (Å²) in [4.78, 5) is 8.30. The minimum absolute atomic E-state index is 0.114. The van der Waals surface area contributed by atoms with Crippen molar-refractivity contribution in [3.8, 4) is 17.0 Å². The van der Waals surface area contributed by atoms with Gasteiger partial charge in [-0.1, -0.05) is 6.08 Å². The van der Waals surface area contributed by atoms with Gasteiger partial charge >= 0.3 is 0 Å². The lowest BCUT2D eigenvalue weighted by Gasteiger charge is -2.16. The van der Waals surface area contributed by atoms with E-state index in [1.165, 1.54) is 23.6 Å². The highest BCUT2D eigenvalue weighted by Crippen LogP contribution is 2.34. The van der Waals surface area contributed by atoms with Crippen molar-refractivity contribution in [1.29, 1.82) is 0 Å². The van der Waals surface area contributed by atoms with Crippen LogP contribution in [-0.2, 0) is 11.3 Å². The van der Waals surface area contributed by atoms with Gasteiger partial charge in [-0.25, -0.2) is 9.97 Å². The maximum atomic E-state index is 13.2. The summed E-state index contributed by atoms with van der Waals surface area (Å²) in [7, 11) is 1.71. The Labute approximate surface area is 185 Å². The number of benzene rings is 1. The molecule has 1 aliphatic carbocycles. The molecule has 0 radical (unpaired) electrons. The summed E-state index contributed by atoms with van der Waals surface area (Å²) in [5, 5.41) is 6.07. The Morgan fingerprint density at radius 2 is 2.03 bits per heavy atom. The molecule has 31 heavy (non-hydrogen) atoms. The quantitative estimate of drug-likeness (QED) is 0.473. The highest BCUT2D eigenvalue weighted by atomic mass is 32.1. The third-order valence-electron chi connectivity index (χ3n) is 5.07. The fourth-order valence-electron chi connectivity index (χ4n) is 3.55. The van der Waals surface area contributed by atoms with Gasteiger partial charge in [0.15, 0.2) is 5.13 Å². The van der Waals surface area contributed by atoms with E-state index in [0.29, 0.717) is 6.54 Å². The van der Waals surface area contributed by atoms with Crippen LogP contribution in [0.1, 0.15) is 23.1 Å². The van der Waals surface area contributed by atoms with Crippen molar-refractivity contribution >= 4 is 16.5 Å². The number of halogens is 1. The average molecular weight is 438 g/mol. The molecule has 2 aromatic heterocycles. The van der Waals surface area contributed by atoms with Gasteiger partial charge in [-0.05, 0) is 73.4 Å². The monoisotopic (exact) mass is 437 g/mol. The number of methoxy groups -OCH3 is 1. The molecule has 0 aliphatic heterocycles. The zero-order valence-electron chi connectivity index (χ0n) is 17.7. The number of rotatable bonds is 7. The molecule has 1 aromatic carbocycles. The molecule has 0 saturated heterocycles. The summed E-state index contributed by atoms with van der Waals surface area (Å²) in [6, 6.07) is 7.27. The van der Waals surface area contributed by atoms with E-state index in [4.69, 9.17) is 14.5 Å². The summed E-state index contributed by atoms with van der Waals surface area (Å²) in [6.45, 7) is 4.62. The average Bonchev–Trinajstić information content (AvgIpc) is 3.21. The second-order valence-corrected chi connectivity index (χ2v) is 8.25. The number of nitrogens with one attached hydrogen (secondary N) is 1. The molecule has 7 heteroatoms. The number of nitrogens with zero attached hydrogens (tertiary/aromatic N) is 2. The van der Waals surface area contributed by atoms with Gasteiger partial charge in [0.1, 0.15) is 11.5 Å². The number of ether oxygens (including phenoxy) is 2. The van der Waals surface area contributed by atoms with Gasteiger partial charge in [-0.2, -0.15) is 4.39 Å². The number of anilines is 1. The van der Waals surface area contributed by atoms with Crippen molar-refractivity contribution in [3.63, 3.8) is 0 Å². The summed E-state index contributed by atoms with van der Waals surface area (Å²) in [6.07, 6.45) is 8.38. The van der Waals surface area contributed by atoms with Gasteiger partial charge in [0.2, 0.25) is 5.95 Å². The van der Waals surface area contributed by atoms with Crippen LogP contribution in [0.4, 0.5) is 9.52 Å². The van der Waals surface area contributed by atoms with E-state index in [0.717, 1.165) is 51.0 Å². The minimum atomic E-state index is -0.481. The molecule has 1 aliphatic rings. The van der Waals surface area contributed by atoms with Crippen molar-refractivity contribution in [1.82, 2.24) is 9.97 Å². The molecule has 0 fully saturated rings. The van der Waals surface area contributed by atoms with Gasteiger partial charge in [-0.15, -0.1) is 11.3 Å². The zero-order chi connectivity index (χ0) is 21.8. The Morgan fingerprint density at radius 1 is 1.23 bits per heavy atom. The molecular weight excluding hydrogens is 413 g/mol. The Kier molecular flexibility index (Phi) is 6.44. The first kappa shape index (κ1) is 21.2. The molecule has 4 rings (SSSR count). The number of allylic oxidation sites excluding steroid dienone is 1. The predicted octanol–water partition coefficient (Wildman–Crippen LogP) is 5.81. The van der Waals surface area contributed by atoms with Crippen LogP contribution in [0.2, 0.25) is 0 Å². The Morgan fingerprint density at radius 3 is 2.71 bits per heavy atom. The molecule has 2 heterocycles. The lowest BCUT2D eigenvalue weighted by molar-refractivity contribution is 0.141. The van der Waals surface area contributed by atoms with E-state index >= 15 is 0 Å². The predicted molar refractivity (Wildman–Crippen MR) is 122 cm³/mol. The van der Waals surface area contributed by atoms with E-state index in [1.54, 1.807) is 13.2 Å². The molecule has 5 nitrogen and oxygen atoms in total. The maximum Gasteiger partial charge on any atom is 0.213 e. The van der Waals surface area contributed by atoms with Crippen molar-refractivity contribution in [2.75, 3.05) is 12.4 Å². The number of hydrogen-bond acceptors (Lipinski definition) is 6. The van der Waals surface area contributed by atoms with Gasteiger partial charge in [-0.3, -0.25) is 0 Å². The fourth-order valence-corrected chi connectivity index (χ4v) is 4.25. The van der Waals surface area contributed by atoms with Gasteiger partial charge in [0.25, 0.3) is 0 Å². The van der Waals surface area contributed by atoms with Crippen molar-refractivity contribution in [3.05, 3.63) is 82.5 Å². The standard InChI is InChI=1S/C24H24FN3O2S/c1-15-10-20(30-19-6-4-18(29-3)5-7-19)11-16(2)23(15)21-14-31-24(28-21)27-13-17-8-9-26-22(25)12-17/h4,6-12,14,18H,5,13H2,1-3H3,(H,27,28). The molecule has 160 valence electrons. The van der Waals surface area contributed by atoms with E-state index < -0.39 is 5.95 Å². The highest BCUT2D eigenvalue weighted by Gasteiger charge is 2.14. The molecule has 1 atom stereocenters. The van der Waals surface area contributed by atoms with Crippen LogP contribution in [0.3, 0.4) is 0 Å². The second kappa shape index (κ2) is 9.41. The van der Waals surface area contributed by atoms with Crippen LogP contribution in [-0.4, -0.2) is 23.2 Å². The lowest BCUT2D eigenvalue weighted by atomic mass is 10.00. The Balaban J connectivity index is 1.46. The Bertz CT molecular complexity index is 1120. The summed E-state index contributed by atoms with van der Waals surface area (Å²) < 4.78 is 24.6. The zero-order valence-corrected chi connectivity index (χ0v) is 18.5. The third kappa shape index (κ3) is 5.18. The van der Waals surface area contributed by atoms with Crippen LogP contribution >= 0.6 is 11.3 Å². The molecule has 1 N–H and O–H groups in total. The van der Waals surface area contributed by atoms with Crippen molar-refractivity contribution in [2.24, 2.45) is 0 Å². The van der Waals surface area contributed by atoms with Crippen LogP contribution in [0, 0.1) is 19.8 Å². The molecule has 3 aromatic rings. The van der Waals surface area contributed by atoms with E-state index in [1.807, 2.05) is 35.7 Å². The number of pyridine rings is 1. The van der Waals surface area contributed by atoms with Crippen LogP contribution < -0.4 is 10.1 Å². The number of aryl methyl sites for hydroxylation is 2. The second-order valence-electron chi connectivity index (χ2n) is 7.39. The molecule has 0 spiro atoms. The third-order valence-corrected chi connectivity index (χ3v) is 5.87. The summed E-state index contributed by atoms with van der Waals surface area (Å²) >= 11 is 1.53. The molecule has 0 saturated carbocycles. The topological polar surface area (TPSA) is 56.3 Å². The molecule has 0 bridgehead atoms. The van der Waals surface area contributed by atoms with Crippen molar-refractivity contribution < 1.29 is 13.9 Å². The van der Waals surface area contributed by atoms with Crippen LogP contribution in [0.5, 0.6) is 5.75 Å². The summed E-state index contributed by atoms with van der Waals surface area (Å²) in [5.74, 6) is 1.15. The number of aromatic nitrogens is 2. The van der Waals surface area contributed by atoms with E-state index in [9.17, 15) is 4.39 Å². The lowest BCUT2D eigenvalue weighted by Crippen LogP contribution is -2.10. The SMILES string of the molecule is COC1C=CC(Oc2cc(C)c(-c3csc(NCc4ccnc(F)c4)n3)c(C)c2)=CC1. The first-order valence-corrected chi connectivity index (χ1v) is 10.9. The van der Waals surface area contributed by atoms with Crippen LogP contribution in [0.25, 0.3) is 11.3 Å². The first-order chi connectivity index (χ1) is 15.0. The van der Waals surface area contributed by atoms with Gasteiger partial charge < -0.3 is 14.8 Å². The van der Waals surface area contributed by atoms with E-state index in [2.05, 4.69) is 24.1 Å². The Hall–Kier alpha value is -3.03. The van der Waals surface area contributed by atoms with E-state index in [-0.39, 0.29) is 6.10 Å². The molecular formula is C24H24FN3O2S. The smallest absolute Gasteiger partial charge is 0.213 e. The number of hydrogen-bond donors (Lipinski definition) is 1. The van der Waals surface area contributed by atoms with Crippen molar-refractivity contribution in [2.45, 2.75) is 32.9 Å². The summed E-state index contributed by atoms with van der Waals surface area (Å²) in [5.41, 5.74) is 5.02. The van der Waals surface area contributed by atoms with Gasteiger partial charge in [0.05, 0.1) is 11.8 Å². The largest absolute Gasteiger partial charge is 0.458 e. The number of thiazole rings is 1. The first-order valence-electron chi connectivity index (χ1n) is 10.0. The highest BCUT2D eigenvalue weighted by molar-refractivity contribution is 7.14. The maximum absolute atomic E-state index is 13.2.